The number of rotatable bonds is 4. The third-order valence-corrected chi connectivity index (χ3v) is 3.82. The summed E-state index contributed by atoms with van der Waals surface area (Å²) in [6.45, 7) is 1.53. The van der Waals surface area contributed by atoms with Gasteiger partial charge in [-0.15, -0.1) is 0 Å². The lowest BCUT2D eigenvalue weighted by molar-refractivity contribution is 0.0447. The van der Waals surface area contributed by atoms with Crippen molar-refractivity contribution < 1.29 is 14.2 Å². The summed E-state index contributed by atoms with van der Waals surface area (Å²) in [5.74, 6) is 1.47. The normalized spacial score (nSPS) is 20.9. The summed E-state index contributed by atoms with van der Waals surface area (Å²) in [4.78, 5) is 0. The van der Waals surface area contributed by atoms with Crippen LogP contribution in [0.5, 0.6) is 11.5 Å². The molecule has 1 fully saturated rings. The molecule has 2 N–H and O–H groups in total. The molecule has 4 nitrogen and oxygen atoms in total. The predicted molar refractivity (Wildman–Crippen MR) is 75.0 cm³/mol. The Labute approximate surface area is 118 Å². The van der Waals surface area contributed by atoms with E-state index in [9.17, 15) is 0 Å². The standard InChI is InChI=1S/C14H20ClNO3/c1-17-12-7-10(6-11(15)14(12)18-2)13(16)9-4-3-5-19-8-9/h6-7,9,13H,3-5,8,16H2,1-2H3. The van der Waals surface area contributed by atoms with Crippen LogP contribution in [-0.2, 0) is 4.74 Å². The first-order chi connectivity index (χ1) is 9.17. The van der Waals surface area contributed by atoms with Crippen LogP contribution in [0.3, 0.4) is 0 Å². The zero-order valence-electron chi connectivity index (χ0n) is 11.3. The summed E-state index contributed by atoms with van der Waals surface area (Å²) < 4.78 is 16.0. The fraction of sp³-hybridized carbons (Fsp3) is 0.571. The van der Waals surface area contributed by atoms with Crippen molar-refractivity contribution in [2.24, 2.45) is 11.7 Å². The van der Waals surface area contributed by atoms with Crippen molar-refractivity contribution in [2.75, 3.05) is 27.4 Å². The Morgan fingerprint density at radius 3 is 2.74 bits per heavy atom. The highest BCUT2D eigenvalue weighted by Gasteiger charge is 2.24. The highest BCUT2D eigenvalue weighted by molar-refractivity contribution is 6.32. The molecule has 19 heavy (non-hydrogen) atoms. The van der Waals surface area contributed by atoms with E-state index in [1.165, 1.54) is 0 Å². The van der Waals surface area contributed by atoms with Gasteiger partial charge >= 0.3 is 0 Å². The van der Waals surface area contributed by atoms with E-state index in [1.54, 1.807) is 14.2 Å². The van der Waals surface area contributed by atoms with Crippen LogP contribution in [0, 0.1) is 5.92 Å². The maximum atomic E-state index is 6.32. The third kappa shape index (κ3) is 3.14. The first-order valence-electron chi connectivity index (χ1n) is 6.42. The van der Waals surface area contributed by atoms with E-state index in [-0.39, 0.29) is 6.04 Å². The van der Waals surface area contributed by atoms with Gasteiger partial charge in [0.05, 0.1) is 25.8 Å². The summed E-state index contributed by atoms with van der Waals surface area (Å²) in [7, 11) is 3.16. The van der Waals surface area contributed by atoms with Crippen molar-refractivity contribution in [3.63, 3.8) is 0 Å². The molecule has 1 saturated heterocycles. The topological polar surface area (TPSA) is 53.7 Å². The quantitative estimate of drug-likeness (QED) is 0.924. The van der Waals surface area contributed by atoms with E-state index in [4.69, 9.17) is 31.5 Å². The molecule has 5 heteroatoms. The molecule has 1 aliphatic rings. The Bertz CT molecular complexity index is 433. The molecular formula is C14H20ClNO3. The van der Waals surface area contributed by atoms with Gasteiger partial charge in [-0.1, -0.05) is 11.6 Å². The maximum absolute atomic E-state index is 6.32. The van der Waals surface area contributed by atoms with Crippen LogP contribution in [0.1, 0.15) is 24.4 Å². The minimum Gasteiger partial charge on any atom is -0.493 e. The summed E-state index contributed by atoms with van der Waals surface area (Å²) >= 11 is 6.20. The Hall–Kier alpha value is -0.970. The molecule has 0 spiro atoms. The van der Waals surface area contributed by atoms with E-state index in [0.29, 0.717) is 29.0 Å². The molecule has 0 aliphatic carbocycles. The Balaban J connectivity index is 2.26. The number of hydrogen-bond donors (Lipinski definition) is 1. The van der Waals surface area contributed by atoms with Crippen LogP contribution < -0.4 is 15.2 Å². The van der Waals surface area contributed by atoms with Crippen LogP contribution >= 0.6 is 11.6 Å². The molecule has 0 bridgehead atoms. The van der Waals surface area contributed by atoms with Crippen molar-refractivity contribution >= 4 is 11.6 Å². The Kier molecular flexibility index (Phi) is 4.91. The zero-order chi connectivity index (χ0) is 13.8. The fourth-order valence-electron chi connectivity index (χ4n) is 2.45. The molecule has 2 rings (SSSR count). The summed E-state index contributed by atoms with van der Waals surface area (Å²) in [5.41, 5.74) is 7.28. The van der Waals surface area contributed by atoms with Gasteiger partial charge in [-0.3, -0.25) is 0 Å². The van der Waals surface area contributed by atoms with Gasteiger partial charge in [0.15, 0.2) is 11.5 Å². The van der Waals surface area contributed by atoms with Gasteiger partial charge in [-0.2, -0.15) is 0 Å². The second-order valence-corrected chi connectivity index (χ2v) is 5.15. The van der Waals surface area contributed by atoms with Gasteiger partial charge in [0.25, 0.3) is 0 Å². The lowest BCUT2D eigenvalue weighted by Crippen LogP contribution is -2.29. The van der Waals surface area contributed by atoms with E-state index < -0.39 is 0 Å². The molecule has 0 radical (unpaired) electrons. The van der Waals surface area contributed by atoms with Gasteiger partial charge < -0.3 is 19.9 Å². The molecule has 1 heterocycles. The van der Waals surface area contributed by atoms with Gasteiger partial charge in [0.2, 0.25) is 0 Å². The van der Waals surface area contributed by atoms with Crippen molar-refractivity contribution in [2.45, 2.75) is 18.9 Å². The average molecular weight is 286 g/mol. The monoisotopic (exact) mass is 285 g/mol. The molecule has 1 aromatic rings. The summed E-state index contributed by atoms with van der Waals surface area (Å²) in [6, 6.07) is 3.64. The number of hydrogen-bond acceptors (Lipinski definition) is 4. The SMILES string of the molecule is COc1cc(C(N)C2CCCOC2)cc(Cl)c1OC. The molecule has 0 saturated carbocycles. The fourth-order valence-corrected chi connectivity index (χ4v) is 2.75. The van der Waals surface area contributed by atoms with E-state index in [0.717, 1.165) is 25.0 Å². The smallest absolute Gasteiger partial charge is 0.179 e. The number of ether oxygens (including phenoxy) is 3. The Morgan fingerprint density at radius 1 is 1.37 bits per heavy atom. The number of nitrogens with two attached hydrogens (primary N) is 1. The lowest BCUT2D eigenvalue weighted by atomic mass is 9.89. The average Bonchev–Trinajstić information content (AvgIpc) is 2.46. The minimum absolute atomic E-state index is 0.0994. The second-order valence-electron chi connectivity index (χ2n) is 4.74. The number of methoxy groups -OCH3 is 2. The molecule has 1 aromatic carbocycles. The largest absolute Gasteiger partial charge is 0.493 e. The minimum atomic E-state index is -0.0994. The number of benzene rings is 1. The Morgan fingerprint density at radius 2 is 2.16 bits per heavy atom. The van der Waals surface area contributed by atoms with Crippen molar-refractivity contribution in [3.05, 3.63) is 22.7 Å². The van der Waals surface area contributed by atoms with Crippen LogP contribution in [0.25, 0.3) is 0 Å². The molecule has 106 valence electrons. The highest BCUT2D eigenvalue weighted by atomic mass is 35.5. The molecule has 0 aromatic heterocycles. The predicted octanol–water partition coefficient (Wildman–Crippen LogP) is 2.78. The molecular weight excluding hydrogens is 266 g/mol. The first-order valence-corrected chi connectivity index (χ1v) is 6.80. The van der Waals surface area contributed by atoms with Crippen LogP contribution in [-0.4, -0.2) is 27.4 Å². The van der Waals surface area contributed by atoms with Gasteiger partial charge in [0.1, 0.15) is 0 Å². The van der Waals surface area contributed by atoms with E-state index >= 15 is 0 Å². The van der Waals surface area contributed by atoms with Crippen molar-refractivity contribution in [1.82, 2.24) is 0 Å². The molecule has 0 amide bonds. The summed E-state index contributed by atoms with van der Waals surface area (Å²) in [6.07, 6.45) is 2.13. The lowest BCUT2D eigenvalue weighted by Gasteiger charge is -2.28. The highest BCUT2D eigenvalue weighted by Crippen LogP contribution is 2.39. The van der Waals surface area contributed by atoms with Crippen LogP contribution in [0.2, 0.25) is 5.02 Å². The van der Waals surface area contributed by atoms with Gasteiger partial charge in [0, 0.05) is 18.6 Å². The zero-order valence-corrected chi connectivity index (χ0v) is 12.1. The molecule has 2 atom stereocenters. The van der Waals surface area contributed by atoms with Crippen molar-refractivity contribution in [1.29, 1.82) is 0 Å². The summed E-state index contributed by atoms with van der Waals surface area (Å²) in [5, 5.41) is 0.518. The van der Waals surface area contributed by atoms with Gasteiger partial charge in [-0.05, 0) is 30.5 Å². The second kappa shape index (κ2) is 6.46. The third-order valence-electron chi connectivity index (χ3n) is 3.54. The van der Waals surface area contributed by atoms with E-state index in [1.807, 2.05) is 12.1 Å². The molecule has 1 aliphatic heterocycles. The molecule has 2 unspecified atom stereocenters. The first kappa shape index (κ1) is 14.4. The maximum Gasteiger partial charge on any atom is 0.179 e. The van der Waals surface area contributed by atoms with E-state index in [2.05, 4.69) is 0 Å². The van der Waals surface area contributed by atoms with Crippen LogP contribution in [0.15, 0.2) is 12.1 Å². The van der Waals surface area contributed by atoms with Crippen LogP contribution in [0.4, 0.5) is 0 Å². The van der Waals surface area contributed by atoms with Gasteiger partial charge in [-0.25, -0.2) is 0 Å². The van der Waals surface area contributed by atoms with Crippen molar-refractivity contribution in [3.8, 4) is 11.5 Å². The number of halogens is 1.